The molecule has 0 spiro atoms. The Morgan fingerprint density at radius 2 is 1.93 bits per heavy atom. The van der Waals surface area contributed by atoms with Gasteiger partial charge in [-0.05, 0) is 31.2 Å². The Bertz CT molecular complexity index is 1010. The van der Waals surface area contributed by atoms with E-state index in [1.807, 2.05) is 73.6 Å². The van der Waals surface area contributed by atoms with Crippen LogP contribution in [0.3, 0.4) is 0 Å². The molecule has 30 heavy (non-hydrogen) atoms. The summed E-state index contributed by atoms with van der Waals surface area (Å²) in [4.78, 5) is 30.5. The standard InChI is InChI=1S/C23H26N6O/c1-17-25-21-12-15-29(23(30)27-19-9-4-3-5-10-19)16-20(21)22(26-17)28(2)14-11-18-8-6-7-13-24-18/h3-10,13H,11-12,14-16H2,1-2H3,(H,27,30). The van der Waals surface area contributed by atoms with Crippen molar-refractivity contribution in [3.05, 3.63) is 77.5 Å². The van der Waals surface area contributed by atoms with Gasteiger partial charge in [0.2, 0.25) is 0 Å². The molecule has 3 aromatic rings. The molecule has 3 heterocycles. The minimum absolute atomic E-state index is 0.102. The molecule has 2 amide bonds. The van der Waals surface area contributed by atoms with Gasteiger partial charge in [0.15, 0.2) is 0 Å². The first-order valence-electron chi connectivity index (χ1n) is 10.2. The zero-order valence-corrected chi connectivity index (χ0v) is 17.4. The van der Waals surface area contributed by atoms with Crippen LogP contribution in [0.25, 0.3) is 0 Å². The summed E-state index contributed by atoms with van der Waals surface area (Å²) in [5.74, 6) is 1.65. The van der Waals surface area contributed by atoms with Crippen molar-refractivity contribution in [2.75, 3.05) is 30.4 Å². The van der Waals surface area contributed by atoms with Crippen LogP contribution >= 0.6 is 0 Å². The number of para-hydroxylation sites is 1. The molecule has 154 valence electrons. The fourth-order valence-electron chi connectivity index (χ4n) is 3.66. The molecule has 4 rings (SSSR count). The quantitative estimate of drug-likeness (QED) is 0.708. The van der Waals surface area contributed by atoms with Crippen molar-refractivity contribution in [1.29, 1.82) is 0 Å². The van der Waals surface area contributed by atoms with Gasteiger partial charge in [0.05, 0.1) is 12.2 Å². The second-order valence-corrected chi connectivity index (χ2v) is 7.48. The van der Waals surface area contributed by atoms with E-state index in [1.54, 1.807) is 0 Å². The molecule has 0 fully saturated rings. The summed E-state index contributed by atoms with van der Waals surface area (Å²) in [6.07, 6.45) is 3.37. The number of carbonyl (C=O) groups excluding carboxylic acids is 1. The van der Waals surface area contributed by atoms with Crippen LogP contribution in [0, 0.1) is 6.92 Å². The number of benzene rings is 1. The molecular formula is C23H26N6O. The van der Waals surface area contributed by atoms with E-state index in [9.17, 15) is 4.79 Å². The van der Waals surface area contributed by atoms with Crippen LogP contribution in [0.1, 0.15) is 22.8 Å². The molecular weight excluding hydrogens is 376 g/mol. The molecule has 2 aromatic heterocycles. The molecule has 7 nitrogen and oxygen atoms in total. The number of nitrogens with one attached hydrogen (secondary N) is 1. The highest BCUT2D eigenvalue weighted by atomic mass is 16.2. The summed E-state index contributed by atoms with van der Waals surface area (Å²) in [6, 6.07) is 15.4. The van der Waals surface area contributed by atoms with Crippen LogP contribution in [0.4, 0.5) is 16.3 Å². The molecule has 0 atom stereocenters. The Morgan fingerprint density at radius 1 is 1.13 bits per heavy atom. The lowest BCUT2D eigenvalue weighted by Crippen LogP contribution is -2.40. The van der Waals surface area contributed by atoms with Gasteiger partial charge in [0.25, 0.3) is 0 Å². The van der Waals surface area contributed by atoms with Crippen molar-refractivity contribution < 1.29 is 4.79 Å². The van der Waals surface area contributed by atoms with Crippen LogP contribution in [-0.4, -0.2) is 46.0 Å². The smallest absolute Gasteiger partial charge is 0.322 e. The van der Waals surface area contributed by atoms with Crippen molar-refractivity contribution in [1.82, 2.24) is 19.9 Å². The number of carbonyl (C=O) groups is 1. The summed E-state index contributed by atoms with van der Waals surface area (Å²) in [5, 5.41) is 2.97. The number of hydrogen-bond acceptors (Lipinski definition) is 5. The fourth-order valence-corrected chi connectivity index (χ4v) is 3.66. The van der Waals surface area contributed by atoms with E-state index in [1.165, 1.54) is 0 Å². The molecule has 1 aliphatic heterocycles. The molecule has 0 saturated heterocycles. The van der Waals surface area contributed by atoms with Crippen molar-refractivity contribution >= 4 is 17.5 Å². The van der Waals surface area contributed by atoms with E-state index in [0.717, 1.165) is 53.7 Å². The van der Waals surface area contributed by atoms with Crippen LogP contribution < -0.4 is 10.2 Å². The van der Waals surface area contributed by atoms with Crippen LogP contribution in [0.5, 0.6) is 0 Å². The third kappa shape index (κ3) is 4.56. The number of aromatic nitrogens is 3. The Morgan fingerprint density at radius 3 is 2.70 bits per heavy atom. The van der Waals surface area contributed by atoms with Gasteiger partial charge >= 0.3 is 6.03 Å². The number of urea groups is 1. The molecule has 1 aliphatic rings. The lowest BCUT2D eigenvalue weighted by Gasteiger charge is -2.31. The molecule has 0 aliphatic carbocycles. The number of fused-ring (bicyclic) bond motifs is 1. The van der Waals surface area contributed by atoms with E-state index < -0.39 is 0 Å². The van der Waals surface area contributed by atoms with Crippen LogP contribution in [-0.2, 0) is 19.4 Å². The van der Waals surface area contributed by atoms with Gasteiger partial charge < -0.3 is 15.1 Å². The van der Waals surface area contributed by atoms with E-state index >= 15 is 0 Å². The average molecular weight is 403 g/mol. The van der Waals surface area contributed by atoms with Crippen molar-refractivity contribution in [3.8, 4) is 0 Å². The predicted octanol–water partition coefficient (Wildman–Crippen LogP) is 3.45. The molecule has 1 aromatic carbocycles. The van der Waals surface area contributed by atoms with E-state index in [-0.39, 0.29) is 6.03 Å². The predicted molar refractivity (Wildman–Crippen MR) is 118 cm³/mol. The number of rotatable bonds is 5. The van der Waals surface area contributed by atoms with Crippen molar-refractivity contribution in [2.24, 2.45) is 0 Å². The summed E-state index contributed by atoms with van der Waals surface area (Å²) in [5.41, 5.74) is 3.90. The fraction of sp³-hybridized carbons (Fsp3) is 0.304. The summed E-state index contributed by atoms with van der Waals surface area (Å²) in [7, 11) is 2.04. The summed E-state index contributed by atoms with van der Waals surface area (Å²) in [6.45, 7) is 3.84. The maximum absolute atomic E-state index is 12.8. The number of aryl methyl sites for hydroxylation is 1. The second-order valence-electron chi connectivity index (χ2n) is 7.48. The van der Waals surface area contributed by atoms with E-state index in [2.05, 4.69) is 20.2 Å². The molecule has 0 saturated carbocycles. The Kier molecular flexibility index (Phi) is 5.88. The number of likely N-dealkylation sites (N-methyl/N-ethyl adjacent to an activating group) is 1. The summed E-state index contributed by atoms with van der Waals surface area (Å²) < 4.78 is 0. The Balaban J connectivity index is 1.50. The number of nitrogens with zero attached hydrogens (tertiary/aromatic N) is 5. The number of hydrogen-bond donors (Lipinski definition) is 1. The van der Waals surface area contributed by atoms with Crippen LogP contribution in [0.15, 0.2) is 54.7 Å². The molecule has 0 bridgehead atoms. The third-order valence-corrected chi connectivity index (χ3v) is 5.25. The molecule has 0 radical (unpaired) electrons. The maximum atomic E-state index is 12.8. The summed E-state index contributed by atoms with van der Waals surface area (Å²) >= 11 is 0. The monoisotopic (exact) mass is 402 g/mol. The maximum Gasteiger partial charge on any atom is 0.322 e. The highest BCUT2D eigenvalue weighted by Gasteiger charge is 2.26. The van der Waals surface area contributed by atoms with Gasteiger partial charge in [0, 0.05) is 56.1 Å². The zero-order chi connectivity index (χ0) is 20.9. The number of anilines is 2. The minimum Gasteiger partial charge on any atom is -0.359 e. The largest absolute Gasteiger partial charge is 0.359 e. The number of amides is 2. The van der Waals surface area contributed by atoms with Gasteiger partial charge in [0.1, 0.15) is 11.6 Å². The lowest BCUT2D eigenvalue weighted by atomic mass is 10.1. The van der Waals surface area contributed by atoms with E-state index in [4.69, 9.17) is 4.98 Å². The minimum atomic E-state index is -0.102. The van der Waals surface area contributed by atoms with Gasteiger partial charge in [-0.2, -0.15) is 0 Å². The zero-order valence-electron chi connectivity index (χ0n) is 17.4. The molecule has 1 N–H and O–H groups in total. The lowest BCUT2D eigenvalue weighted by molar-refractivity contribution is 0.206. The molecule has 0 unspecified atom stereocenters. The second kappa shape index (κ2) is 8.90. The number of pyridine rings is 1. The van der Waals surface area contributed by atoms with Gasteiger partial charge in [-0.15, -0.1) is 0 Å². The Labute approximate surface area is 176 Å². The van der Waals surface area contributed by atoms with Gasteiger partial charge in [-0.25, -0.2) is 14.8 Å². The Hall–Kier alpha value is -3.48. The van der Waals surface area contributed by atoms with E-state index in [0.29, 0.717) is 13.1 Å². The highest BCUT2D eigenvalue weighted by Crippen LogP contribution is 2.26. The van der Waals surface area contributed by atoms with Crippen molar-refractivity contribution in [3.63, 3.8) is 0 Å². The first-order chi connectivity index (χ1) is 14.6. The molecule has 7 heteroatoms. The van der Waals surface area contributed by atoms with Gasteiger partial charge in [-0.3, -0.25) is 4.98 Å². The van der Waals surface area contributed by atoms with Crippen LogP contribution in [0.2, 0.25) is 0 Å². The van der Waals surface area contributed by atoms with Crippen molar-refractivity contribution in [2.45, 2.75) is 26.3 Å². The third-order valence-electron chi connectivity index (χ3n) is 5.25. The SMILES string of the molecule is Cc1nc2c(c(N(C)CCc3ccccn3)n1)CN(C(=O)Nc1ccccc1)CC2. The first kappa shape index (κ1) is 19.8. The topological polar surface area (TPSA) is 74.2 Å². The highest BCUT2D eigenvalue weighted by molar-refractivity contribution is 5.89. The normalized spacial score (nSPS) is 12.9. The first-order valence-corrected chi connectivity index (χ1v) is 10.2. The van der Waals surface area contributed by atoms with Gasteiger partial charge in [-0.1, -0.05) is 24.3 Å². The average Bonchev–Trinajstić information content (AvgIpc) is 2.78.